The molecule has 0 amide bonds. The Labute approximate surface area is 83.1 Å². The number of rotatable bonds is 1. The van der Waals surface area contributed by atoms with Crippen LogP contribution in [0.15, 0.2) is 24.3 Å². The van der Waals surface area contributed by atoms with Crippen LogP contribution in [0.5, 0.6) is 0 Å². The lowest BCUT2D eigenvalue weighted by molar-refractivity contribution is 0.111. The van der Waals surface area contributed by atoms with Crippen molar-refractivity contribution in [1.82, 2.24) is 0 Å². The van der Waals surface area contributed by atoms with Crippen LogP contribution in [-0.2, 0) is 0 Å². The van der Waals surface area contributed by atoms with Gasteiger partial charge in [0.1, 0.15) is 17.5 Å². The van der Waals surface area contributed by atoms with E-state index in [-0.39, 0.29) is 17.1 Å². The molecule has 76 valence electrons. The van der Waals surface area contributed by atoms with Crippen molar-refractivity contribution in [2.75, 3.05) is 0 Å². The van der Waals surface area contributed by atoms with Crippen LogP contribution in [-0.4, -0.2) is 6.29 Å². The number of aldehydes is 1. The van der Waals surface area contributed by atoms with E-state index in [1.165, 1.54) is 12.1 Å². The smallest absolute Gasteiger partial charge is 0.155 e. The van der Waals surface area contributed by atoms with Gasteiger partial charge in [-0.1, -0.05) is 12.1 Å². The highest BCUT2D eigenvalue weighted by molar-refractivity contribution is 5.90. The third-order valence-electron chi connectivity index (χ3n) is 2.16. The van der Waals surface area contributed by atoms with Gasteiger partial charge in [-0.3, -0.25) is 4.79 Å². The first-order valence-corrected chi connectivity index (χ1v) is 4.16. The van der Waals surface area contributed by atoms with E-state index >= 15 is 0 Å². The fourth-order valence-electron chi connectivity index (χ4n) is 1.45. The maximum atomic E-state index is 13.5. The number of carbonyl (C=O) groups is 1. The Morgan fingerprint density at radius 1 is 1.07 bits per heavy atom. The third-order valence-corrected chi connectivity index (χ3v) is 2.16. The fraction of sp³-hybridized carbons (Fsp3) is 0. The molecule has 0 aromatic heterocycles. The summed E-state index contributed by atoms with van der Waals surface area (Å²) in [6.07, 6.45) is 0.0382. The summed E-state index contributed by atoms with van der Waals surface area (Å²) in [6, 6.07) is 4.71. The minimum atomic E-state index is -1.15. The molecule has 0 aliphatic carbocycles. The summed E-state index contributed by atoms with van der Waals surface area (Å²) in [5, 5.41) is -0.267. The summed E-state index contributed by atoms with van der Waals surface area (Å²) in [7, 11) is 0. The maximum Gasteiger partial charge on any atom is 0.155 e. The Balaban J connectivity index is 2.98. The second-order valence-corrected chi connectivity index (χ2v) is 3.04. The van der Waals surface area contributed by atoms with E-state index in [0.717, 1.165) is 12.1 Å². The number of hydrogen-bond acceptors (Lipinski definition) is 1. The average Bonchev–Trinajstić information content (AvgIpc) is 2.17. The normalized spacial score (nSPS) is 10.6. The third kappa shape index (κ3) is 1.38. The molecule has 0 aliphatic heterocycles. The summed E-state index contributed by atoms with van der Waals surface area (Å²) >= 11 is 0. The minimum Gasteiger partial charge on any atom is -0.298 e. The molecule has 0 radical (unpaired) electrons. The molecule has 0 aliphatic rings. The first kappa shape index (κ1) is 9.71. The Kier molecular flexibility index (Phi) is 2.19. The van der Waals surface area contributed by atoms with Crippen molar-refractivity contribution in [2.24, 2.45) is 0 Å². The standard InChI is InChI=1S/C11H5F3O/c12-8-3-1-2-6-4-9(13)7(5-15)11(14)10(6)8/h1-5H. The first-order chi connectivity index (χ1) is 7.15. The predicted molar refractivity (Wildman–Crippen MR) is 49.2 cm³/mol. The molecule has 15 heavy (non-hydrogen) atoms. The highest BCUT2D eigenvalue weighted by atomic mass is 19.1. The Morgan fingerprint density at radius 2 is 1.80 bits per heavy atom. The van der Waals surface area contributed by atoms with E-state index in [1.807, 2.05) is 0 Å². The molecule has 0 saturated carbocycles. The largest absolute Gasteiger partial charge is 0.298 e. The van der Waals surface area contributed by atoms with Gasteiger partial charge in [0, 0.05) is 0 Å². The van der Waals surface area contributed by atoms with Crippen molar-refractivity contribution in [3.63, 3.8) is 0 Å². The van der Waals surface area contributed by atoms with Gasteiger partial charge < -0.3 is 0 Å². The Bertz CT molecular complexity index is 549. The lowest BCUT2D eigenvalue weighted by atomic mass is 10.1. The van der Waals surface area contributed by atoms with Crippen LogP contribution in [0.1, 0.15) is 10.4 Å². The molecule has 0 unspecified atom stereocenters. The molecule has 2 aromatic rings. The van der Waals surface area contributed by atoms with E-state index in [2.05, 4.69) is 0 Å². The number of hydrogen-bond donors (Lipinski definition) is 0. The van der Waals surface area contributed by atoms with Gasteiger partial charge >= 0.3 is 0 Å². The second kappa shape index (κ2) is 3.38. The van der Waals surface area contributed by atoms with Crippen molar-refractivity contribution in [1.29, 1.82) is 0 Å². The van der Waals surface area contributed by atoms with Crippen LogP contribution in [0, 0.1) is 17.5 Å². The Hall–Kier alpha value is -1.84. The van der Waals surface area contributed by atoms with E-state index < -0.39 is 23.0 Å². The first-order valence-electron chi connectivity index (χ1n) is 4.16. The molecule has 0 spiro atoms. The van der Waals surface area contributed by atoms with E-state index in [1.54, 1.807) is 0 Å². The highest BCUT2D eigenvalue weighted by Gasteiger charge is 2.15. The van der Waals surface area contributed by atoms with Crippen LogP contribution >= 0.6 is 0 Å². The average molecular weight is 210 g/mol. The van der Waals surface area contributed by atoms with Gasteiger partial charge in [-0.05, 0) is 17.5 Å². The lowest BCUT2D eigenvalue weighted by Crippen LogP contribution is -1.96. The zero-order valence-electron chi connectivity index (χ0n) is 7.43. The minimum absolute atomic E-state index is 0.0382. The van der Waals surface area contributed by atoms with Crippen molar-refractivity contribution in [2.45, 2.75) is 0 Å². The second-order valence-electron chi connectivity index (χ2n) is 3.04. The number of halogens is 3. The number of fused-ring (bicyclic) bond motifs is 1. The number of benzene rings is 2. The zero-order valence-corrected chi connectivity index (χ0v) is 7.43. The van der Waals surface area contributed by atoms with Crippen molar-refractivity contribution in [3.05, 3.63) is 47.3 Å². The quantitative estimate of drug-likeness (QED) is 0.661. The summed E-state index contributed by atoms with van der Waals surface area (Å²) in [4.78, 5) is 10.4. The van der Waals surface area contributed by atoms with Crippen molar-refractivity contribution < 1.29 is 18.0 Å². The molecule has 2 aromatic carbocycles. The molecule has 0 heterocycles. The van der Waals surface area contributed by atoms with Gasteiger partial charge in [0.25, 0.3) is 0 Å². The molecular formula is C11H5F3O. The zero-order chi connectivity index (χ0) is 11.0. The fourth-order valence-corrected chi connectivity index (χ4v) is 1.45. The molecular weight excluding hydrogens is 205 g/mol. The van der Waals surface area contributed by atoms with Crippen LogP contribution in [0.4, 0.5) is 13.2 Å². The maximum absolute atomic E-state index is 13.5. The van der Waals surface area contributed by atoms with Gasteiger partial charge in [-0.2, -0.15) is 0 Å². The van der Waals surface area contributed by atoms with E-state index in [9.17, 15) is 18.0 Å². The number of carbonyl (C=O) groups excluding carboxylic acids is 1. The van der Waals surface area contributed by atoms with Crippen LogP contribution < -0.4 is 0 Å². The molecule has 1 nitrogen and oxygen atoms in total. The summed E-state index contributed by atoms with van der Waals surface area (Å²) in [5.74, 6) is -2.95. The summed E-state index contributed by atoms with van der Waals surface area (Å²) in [6.45, 7) is 0. The van der Waals surface area contributed by atoms with Crippen molar-refractivity contribution >= 4 is 17.1 Å². The molecule has 0 bridgehead atoms. The van der Waals surface area contributed by atoms with E-state index in [0.29, 0.717) is 0 Å². The van der Waals surface area contributed by atoms with Crippen molar-refractivity contribution in [3.8, 4) is 0 Å². The predicted octanol–water partition coefficient (Wildman–Crippen LogP) is 3.07. The van der Waals surface area contributed by atoms with Gasteiger partial charge in [-0.15, -0.1) is 0 Å². The lowest BCUT2D eigenvalue weighted by Gasteiger charge is -2.04. The molecule has 0 saturated heterocycles. The highest BCUT2D eigenvalue weighted by Crippen LogP contribution is 2.25. The van der Waals surface area contributed by atoms with Gasteiger partial charge in [0.05, 0.1) is 10.9 Å². The van der Waals surface area contributed by atoms with Crippen LogP contribution in [0.2, 0.25) is 0 Å². The van der Waals surface area contributed by atoms with Gasteiger partial charge in [0.2, 0.25) is 0 Å². The molecule has 0 fully saturated rings. The van der Waals surface area contributed by atoms with Gasteiger partial charge in [-0.25, -0.2) is 13.2 Å². The SMILES string of the molecule is O=Cc1c(F)cc2cccc(F)c2c1F. The molecule has 0 atom stereocenters. The van der Waals surface area contributed by atoms with Crippen LogP contribution in [0.25, 0.3) is 10.8 Å². The monoisotopic (exact) mass is 210 g/mol. The summed E-state index contributed by atoms with van der Waals surface area (Å²) < 4.78 is 39.8. The summed E-state index contributed by atoms with van der Waals surface area (Å²) in [5.41, 5.74) is -0.743. The Morgan fingerprint density at radius 3 is 2.47 bits per heavy atom. The van der Waals surface area contributed by atoms with E-state index in [4.69, 9.17) is 0 Å². The molecule has 2 rings (SSSR count). The van der Waals surface area contributed by atoms with Crippen LogP contribution in [0.3, 0.4) is 0 Å². The van der Waals surface area contributed by atoms with Gasteiger partial charge in [0.15, 0.2) is 6.29 Å². The molecule has 0 N–H and O–H groups in total. The molecule has 4 heteroatoms. The topological polar surface area (TPSA) is 17.1 Å².